The quantitative estimate of drug-likeness (QED) is 0.326. The van der Waals surface area contributed by atoms with Gasteiger partial charge in [-0.1, -0.05) is 30.8 Å². The lowest BCUT2D eigenvalue weighted by atomic mass is 10.2. The molecule has 1 amide bonds. The Bertz CT molecular complexity index is 1230. The summed E-state index contributed by atoms with van der Waals surface area (Å²) in [5.41, 5.74) is 2.23. The highest BCUT2D eigenvalue weighted by Gasteiger charge is 2.22. The minimum absolute atomic E-state index is 0.0968. The third-order valence-corrected chi connectivity index (χ3v) is 6.92. The molecule has 0 spiro atoms. The van der Waals surface area contributed by atoms with Crippen LogP contribution in [0.3, 0.4) is 0 Å². The number of nitrogens with one attached hydrogen (secondary N) is 1. The van der Waals surface area contributed by atoms with Gasteiger partial charge in [-0.15, -0.1) is 11.3 Å². The zero-order valence-corrected chi connectivity index (χ0v) is 18.5. The fourth-order valence-electron chi connectivity index (χ4n) is 3.06. The zero-order chi connectivity index (χ0) is 21.6. The molecular weight excluding hydrogens is 430 g/mol. The summed E-state index contributed by atoms with van der Waals surface area (Å²) in [4.78, 5) is 39.1. The average Bonchev–Trinajstić information content (AvgIpc) is 3.28. The van der Waals surface area contributed by atoms with E-state index >= 15 is 0 Å². The van der Waals surface area contributed by atoms with Gasteiger partial charge in [0.1, 0.15) is 4.70 Å². The number of rotatable bonds is 8. The molecule has 0 fully saturated rings. The van der Waals surface area contributed by atoms with E-state index in [1.165, 1.54) is 23.1 Å². The lowest BCUT2D eigenvalue weighted by Crippen LogP contribution is -2.33. The van der Waals surface area contributed by atoms with Gasteiger partial charge in [0.2, 0.25) is 5.91 Å². The van der Waals surface area contributed by atoms with E-state index in [-0.39, 0.29) is 16.7 Å². The van der Waals surface area contributed by atoms with Crippen LogP contribution in [0.25, 0.3) is 10.2 Å². The van der Waals surface area contributed by atoms with E-state index in [9.17, 15) is 9.59 Å². The minimum atomic E-state index is -0.380. The van der Waals surface area contributed by atoms with Gasteiger partial charge < -0.3 is 5.32 Å². The van der Waals surface area contributed by atoms with E-state index in [1.807, 2.05) is 48.7 Å². The van der Waals surface area contributed by atoms with Gasteiger partial charge >= 0.3 is 0 Å². The Hall–Kier alpha value is -3.04. The number of amides is 1. The molecule has 4 aromatic heterocycles. The normalized spacial score (nSPS) is 12.0. The van der Waals surface area contributed by atoms with Crippen LogP contribution in [0, 0.1) is 0 Å². The summed E-state index contributed by atoms with van der Waals surface area (Å²) in [6.07, 6.45) is 5.73. The van der Waals surface area contributed by atoms with E-state index in [0.29, 0.717) is 34.9 Å². The van der Waals surface area contributed by atoms with Gasteiger partial charge in [0.05, 0.1) is 23.0 Å². The van der Waals surface area contributed by atoms with Crippen LogP contribution in [0.4, 0.5) is 0 Å². The van der Waals surface area contributed by atoms with Crippen LogP contribution in [0.1, 0.15) is 24.6 Å². The molecule has 4 heterocycles. The molecule has 0 aromatic carbocycles. The highest BCUT2D eigenvalue weighted by molar-refractivity contribution is 8.00. The van der Waals surface area contributed by atoms with Gasteiger partial charge in [-0.2, -0.15) is 0 Å². The molecule has 4 aromatic rings. The molecule has 9 heteroatoms. The Morgan fingerprint density at radius 1 is 1.23 bits per heavy atom. The fourth-order valence-corrected chi connectivity index (χ4v) is 4.88. The van der Waals surface area contributed by atoms with Crippen LogP contribution in [0.5, 0.6) is 0 Å². The maximum absolute atomic E-state index is 13.1. The van der Waals surface area contributed by atoms with Crippen molar-refractivity contribution in [2.75, 3.05) is 0 Å². The smallest absolute Gasteiger partial charge is 0.272 e. The summed E-state index contributed by atoms with van der Waals surface area (Å²) in [5, 5.41) is 4.96. The minimum Gasteiger partial charge on any atom is -0.351 e. The third-order valence-electron chi connectivity index (χ3n) is 4.68. The first kappa shape index (κ1) is 21.2. The first-order chi connectivity index (χ1) is 15.2. The number of carbonyl (C=O) groups excluding carboxylic acids is 1. The Balaban J connectivity index is 1.60. The van der Waals surface area contributed by atoms with Crippen molar-refractivity contribution in [3.05, 3.63) is 82.0 Å². The van der Waals surface area contributed by atoms with E-state index in [1.54, 1.807) is 23.2 Å². The van der Waals surface area contributed by atoms with Crippen molar-refractivity contribution in [2.24, 2.45) is 0 Å². The first-order valence-corrected chi connectivity index (χ1v) is 11.6. The molecule has 158 valence electrons. The van der Waals surface area contributed by atoms with Crippen molar-refractivity contribution in [1.29, 1.82) is 0 Å². The number of nitrogens with zero attached hydrogens (tertiary/aromatic N) is 4. The van der Waals surface area contributed by atoms with Gasteiger partial charge in [-0.05, 0) is 41.6 Å². The second-order valence-corrected chi connectivity index (χ2v) is 8.92. The van der Waals surface area contributed by atoms with Crippen molar-refractivity contribution in [3.63, 3.8) is 0 Å². The number of pyridine rings is 2. The summed E-state index contributed by atoms with van der Waals surface area (Å²) in [6, 6.07) is 11.2. The lowest BCUT2D eigenvalue weighted by Gasteiger charge is -2.17. The third kappa shape index (κ3) is 5.00. The van der Waals surface area contributed by atoms with Crippen LogP contribution in [-0.2, 0) is 17.9 Å². The van der Waals surface area contributed by atoms with Crippen LogP contribution in [0.15, 0.2) is 70.3 Å². The van der Waals surface area contributed by atoms with Gasteiger partial charge in [-0.3, -0.25) is 24.1 Å². The molecule has 1 unspecified atom stereocenters. The lowest BCUT2D eigenvalue weighted by molar-refractivity contribution is -0.120. The Kier molecular flexibility index (Phi) is 6.73. The standard InChI is InChI=1S/C22H21N5O2S2/c1-2-18(20(28)25-13-15-6-5-9-23-12-15)31-22-26-17-8-11-30-19(17)21(29)27(22)14-16-7-3-4-10-24-16/h3-12,18H,2,13-14H2,1H3,(H,25,28). The summed E-state index contributed by atoms with van der Waals surface area (Å²) >= 11 is 2.68. The molecule has 0 bridgehead atoms. The van der Waals surface area contributed by atoms with E-state index in [4.69, 9.17) is 4.98 Å². The second-order valence-electron chi connectivity index (χ2n) is 6.84. The Morgan fingerprint density at radius 2 is 2.13 bits per heavy atom. The summed E-state index contributed by atoms with van der Waals surface area (Å²) < 4.78 is 2.22. The predicted molar refractivity (Wildman–Crippen MR) is 123 cm³/mol. The number of thioether (sulfide) groups is 1. The maximum Gasteiger partial charge on any atom is 0.272 e. The SMILES string of the molecule is CCC(Sc1nc2ccsc2c(=O)n1Cc1ccccn1)C(=O)NCc1cccnc1. The molecule has 7 nitrogen and oxygen atoms in total. The molecule has 1 atom stereocenters. The molecular formula is C22H21N5O2S2. The van der Waals surface area contributed by atoms with Gasteiger partial charge in [0.15, 0.2) is 5.16 Å². The molecule has 0 aliphatic carbocycles. The molecule has 0 aliphatic heterocycles. The van der Waals surface area contributed by atoms with Crippen LogP contribution in [-0.4, -0.2) is 30.7 Å². The van der Waals surface area contributed by atoms with Crippen molar-refractivity contribution in [1.82, 2.24) is 24.8 Å². The van der Waals surface area contributed by atoms with Crippen molar-refractivity contribution >= 4 is 39.2 Å². The maximum atomic E-state index is 13.1. The van der Waals surface area contributed by atoms with Gasteiger partial charge in [0.25, 0.3) is 5.56 Å². The van der Waals surface area contributed by atoms with E-state index in [2.05, 4.69) is 15.3 Å². The van der Waals surface area contributed by atoms with Crippen LogP contribution < -0.4 is 10.9 Å². The Labute approximate surface area is 187 Å². The molecule has 1 N–H and O–H groups in total. The van der Waals surface area contributed by atoms with Crippen molar-refractivity contribution in [2.45, 2.75) is 36.8 Å². The zero-order valence-electron chi connectivity index (χ0n) is 16.9. The summed E-state index contributed by atoms with van der Waals surface area (Å²) in [5.74, 6) is -0.0968. The molecule has 0 radical (unpaired) electrons. The summed E-state index contributed by atoms with van der Waals surface area (Å²) in [6.45, 7) is 2.66. The molecule has 31 heavy (non-hydrogen) atoms. The highest BCUT2D eigenvalue weighted by atomic mass is 32.2. The van der Waals surface area contributed by atoms with Gasteiger partial charge in [0, 0.05) is 25.1 Å². The topological polar surface area (TPSA) is 89.8 Å². The monoisotopic (exact) mass is 451 g/mol. The second kappa shape index (κ2) is 9.84. The first-order valence-electron chi connectivity index (χ1n) is 9.87. The number of fused-ring (bicyclic) bond motifs is 1. The molecule has 0 saturated carbocycles. The molecule has 4 rings (SSSR count). The van der Waals surface area contributed by atoms with Gasteiger partial charge in [-0.25, -0.2) is 4.98 Å². The molecule has 0 saturated heterocycles. The number of carbonyl (C=O) groups is 1. The van der Waals surface area contributed by atoms with Crippen molar-refractivity contribution in [3.8, 4) is 0 Å². The number of aromatic nitrogens is 4. The van der Waals surface area contributed by atoms with Crippen LogP contribution >= 0.6 is 23.1 Å². The summed E-state index contributed by atoms with van der Waals surface area (Å²) in [7, 11) is 0. The van der Waals surface area contributed by atoms with Crippen LogP contribution in [0.2, 0.25) is 0 Å². The van der Waals surface area contributed by atoms with E-state index in [0.717, 1.165) is 11.3 Å². The highest BCUT2D eigenvalue weighted by Crippen LogP contribution is 2.26. The fraction of sp³-hybridized carbons (Fsp3) is 0.227. The average molecular weight is 452 g/mol. The van der Waals surface area contributed by atoms with E-state index < -0.39 is 0 Å². The Morgan fingerprint density at radius 3 is 2.87 bits per heavy atom. The predicted octanol–water partition coefficient (Wildman–Crippen LogP) is 3.48. The number of thiophene rings is 1. The van der Waals surface area contributed by atoms with Crippen molar-refractivity contribution < 1.29 is 4.79 Å². The molecule has 0 aliphatic rings. The number of hydrogen-bond acceptors (Lipinski definition) is 7. The number of hydrogen-bond donors (Lipinski definition) is 1. The largest absolute Gasteiger partial charge is 0.351 e.